The lowest BCUT2D eigenvalue weighted by Crippen LogP contribution is -2.47. The minimum Gasteiger partial charge on any atom is -0.312 e. The Kier molecular flexibility index (Phi) is 4.78. The zero-order chi connectivity index (χ0) is 10.6. The molecule has 2 unspecified atom stereocenters. The van der Waals surface area contributed by atoms with E-state index in [-0.39, 0.29) is 0 Å². The van der Waals surface area contributed by atoms with Crippen molar-refractivity contribution in [3.8, 4) is 0 Å². The summed E-state index contributed by atoms with van der Waals surface area (Å²) in [6, 6.07) is 0.690. The van der Waals surface area contributed by atoms with E-state index in [1.807, 2.05) is 0 Å². The zero-order valence-corrected chi connectivity index (χ0v) is 10.9. The fourth-order valence-corrected chi connectivity index (χ4v) is 3.83. The van der Waals surface area contributed by atoms with Crippen molar-refractivity contribution in [2.24, 2.45) is 5.41 Å². The van der Waals surface area contributed by atoms with Gasteiger partial charge in [0.1, 0.15) is 0 Å². The predicted octanol–water partition coefficient (Wildman–Crippen LogP) is 3.30. The Hall–Kier alpha value is 0.310. The largest absolute Gasteiger partial charge is 0.312 e. The van der Waals surface area contributed by atoms with Gasteiger partial charge in [-0.05, 0) is 37.0 Å². The predicted molar refractivity (Wildman–Crippen MR) is 67.0 cm³/mol. The quantitative estimate of drug-likeness (QED) is 0.772. The first-order valence-corrected chi connectivity index (χ1v) is 6.95. The Morgan fingerprint density at radius 3 is 2.57 bits per heavy atom. The molecule has 1 nitrogen and oxygen atoms in total. The molecule has 0 aromatic rings. The van der Waals surface area contributed by atoms with Crippen LogP contribution in [0.1, 0.15) is 47.0 Å². The van der Waals surface area contributed by atoms with Crippen LogP contribution in [0.15, 0.2) is 0 Å². The monoisotopic (exact) mass is 215 g/mol. The first-order valence-electron chi connectivity index (χ1n) is 5.90. The summed E-state index contributed by atoms with van der Waals surface area (Å²) in [5.41, 5.74) is 0.400. The molecule has 0 amide bonds. The maximum atomic E-state index is 3.73. The molecule has 1 aliphatic heterocycles. The average molecular weight is 215 g/mol. The highest BCUT2D eigenvalue weighted by Crippen LogP contribution is 2.35. The maximum absolute atomic E-state index is 3.73. The van der Waals surface area contributed by atoms with Crippen LogP contribution in [-0.4, -0.2) is 23.6 Å². The van der Waals surface area contributed by atoms with E-state index in [1.54, 1.807) is 0 Å². The summed E-state index contributed by atoms with van der Waals surface area (Å²) in [5, 5.41) is 4.58. The van der Waals surface area contributed by atoms with Gasteiger partial charge in [-0.3, -0.25) is 0 Å². The minimum absolute atomic E-state index is 0.400. The van der Waals surface area contributed by atoms with Crippen molar-refractivity contribution in [3.05, 3.63) is 0 Å². The fourth-order valence-electron chi connectivity index (χ4n) is 2.16. The lowest BCUT2D eigenvalue weighted by Gasteiger charge is -2.35. The molecule has 2 atom stereocenters. The van der Waals surface area contributed by atoms with E-state index < -0.39 is 0 Å². The fraction of sp³-hybridized carbons (Fsp3) is 1.00. The summed E-state index contributed by atoms with van der Waals surface area (Å²) in [6.45, 7) is 10.5. The topological polar surface area (TPSA) is 12.0 Å². The summed E-state index contributed by atoms with van der Waals surface area (Å²) in [7, 11) is 0. The van der Waals surface area contributed by atoms with Gasteiger partial charge in [-0.2, -0.15) is 11.8 Å². The van der Waals surface area contributed by atoms with Gasteiger partial charge >= 0.3 is 0 Å². The molecule has 1 aliphatic rings. The second-order valence-electron chi connectivity index (χ2n) is 5.35. The van der Waals surface area contributed by atoms with Crippen LogP contribution in [0, 0.1) is 5.41 Å². The molecule has 2 heteroatoms. The van der Waals surface area contributed by atoms with Gasteiger partial charge in [0.05, 0.1) is 0 Å². The van der Waals surface area contributed by atoms with E-state index in [0.717, 1.165) is 5.25 Å². The summed E-state index contributed by atoms with van der Waals surface area (Å²) in [5.74, 6) is 1.37. The van der Waals surface area contributed by atoms with Crippen molar-refractivity contribution in [2.45, 2.75) is 58.2 Å². The van der Waals surface area contributed by atoms with Crippen molar-refractivity contribution >= 4 is 11.8 Å². The molecule has 0 aromatic carbocycles. The standard InChI is InChI=1S/C12H25NS/c1-5-8-13-11(12(2,3)4)10-7-6-9-14-10/h10-11,13H,5-9H2,1-4H3. The highest BCUT2D eigenvalue weighted by atomic mass is 32.2. The van der Waals surface area contributed by atoms with E-state index in [4.69, 9.17) is 0 Å². The summed E-state index contributed by atoms with van der Waals surface area (Å²) in [4.78, 5) is 0. The van der Waals surface area contributed by atoms with Gasteiger partial charge in [-0.15, -0.1) is 0 Å². The second-order valence-corrected chi connectivity index (χ2v) is 6.70. The Labute approximate surface area is 93.4 Å². The number of hydrogen-bond donors (Lipinski definition) is 1. The maximum Gasteiger partial charge on any atom is 0.0234 e. The second kappa shape index (κ2) is 5.41. The molecule has 0 spiro atoms. The first-order chi connectivity index (χ1) is 6.55. The molecule has 14 heavy (non-hydrogen) atoms. The summed E-state index contributed by atoms with van der Waals surface area (Å²) in [6.07, 6.45) is 4.06. The van der Waals surface area contributed by atoms with E-state index in [2.05, 4.69) is 44.8 Å². The third kappa shape index (κ3) is 3.47. The van der Waals surface area contributed by atoms with Crippen LogP contribution in [0.5, 0.6) is 0 Å². The molecule has 0 aliphatic carbocycles. The zero-order valence-electron chi connectivity index (χ0n) is 10.1. The van der Waals surface area contributed by atoms with Crippen LogP contribution in [-0.2, 0) is 0 Å². The van der Waals surface area contributed by atoms with E-state index in [0.29, 0.717) is 11.5 Å². The number of nitrogens with one attached hydrogen (secondary N) is 1. The Bertz CT molecular complexity index is 156. The van der Waals surface area contributed by atoms with E-state index >= 15 is 0 Å². The molecule has 1 N–H and O–H groups in total. The molecule has 1 fully saturated rings. The van der Waals surface area contributed by atoms with Gasteiger partial charge in [-0.25, -0.2) is 0 Å². The number of hydrogen-bond acceptors (Lipinski definition) is 2. The smallest absolute Gasteiger partial charge is 0.0234 e. The van der Waals surface area contributed by atoms with Crippen molar-refractivity contribution in [3.63, 3.8) is 0 Å². The average Bonchev–Trinajstić information content (AvgIpc) is 2.55. The van der Waals surface area contributed by atoms with Crippen LogP contribution in [0.25, 0.3) is 0 Å². The number of rotatable bonds is 4. The Balaban J connectivity index is 2.51. The third-order valence-electron chi connectivity index (χ3n) is 2.88. The molecule has 0 aromatic heterocycles. The van der Waals surface area contributed by atoms with Crippen LogP contribution in [0.4, 0.5) is 0 Å². The molecule has 0 bridgehead atoms. The molecule has 1 rings (SSSR count). The first kappa shape index (κ1) is 12.4. The van der Waals surface area contributed by atoms with Crippen LogP contribution < -0.4 is 5.32 Å². The van der Waals surface area contributed by atoms with E-state index in [1.165, 1.54) is 31.6 Å². The Morgan fingerprint density at radius 1 is 1.43 bits per heavy atom. The highest BCUT2D eigenvalue weighted by Gasteiger charge is 2.33. The van der Waals surface area contributed by atoms with Crippen molar-refractivity contribution in [2.75, 3.05) is 12.3 Å². The van der Waals surface area contributed by atoms with Crippen molar-refractivity contribution in [1.82, 2.24) is 5.32 Å². The van der Waals surface area contributed by atoms with Crippen molar-refractivity contribution < 1.29 is 0 Å². The molecule has 1 saturated heterocycles. The SMILES string of the molecule is CCCNC(C1CCCS1)C(C)(C)C. The van der Waals surface area contributed by atoms with E-state index in [9.17, 15) is 0 Å². The van der Waals surface area contributed by atoms with Gasteiger partial charge in [0.25, 0.3) is 0 Å². The minimum atomic E-state index is 0.400. The van der Waals surface area contributed by atoms with Crippen LogP contribution in [0.3, 0.4) is 0 Å². The summed E-state index contributed by atoms with van der Waals surface area (Å²) < 4.78 is 0. The van der Waals surface area contributed by atoms with Crippen LogP contribution in [0.2, 0.25) is 0 Å². The molecule has 1 heterocycles. The number of thioether (sulfide) groups is 1. The summed E-state index contributed by atoms with van der Waals surface area (Å²) >= 11 is 2.17. The third-order valence-corrected chi connectivity index (χ3v) is 4.34. The molecular formula is C12H25NS. The van der Waals surface area contributed by atoms with Crippen LogP contribution >= 0.6 is 11.8 Å². The molecule has 0 saturated carbocycles. The van der Waals surface area contributed by atoms with Gasteiger partial charge in [0.15, 0.2) is 0 Å². The lowest BCUT2D eigenvalue weighted by atomic mass is 9.83. The van der Waals surface area contributed by atoms with Gasteiger partial charge in [0.2, 0.25) is 0 Å². The molecule has 84 valence electrons. The lowest BCUT2D eigenvalue weighted by molar-refractivity contribution is 0.260. The normalized spacial score (nSPS) is 25.3. The van der Waals surface area contributed by atoms with Gasteiger partial charge in [0, 0.05) is 11.3 Å². The van der Waals surface area contributed by atoms with Gasteiger partial charge in [-0.1, -0.05) is 27.7 Å². The van der Waals surface area contributed by atoms with Gasteiger partial charge < -0.3 is 5.32 Å². The molecule has 0 radical (unpaired) electrons. The molecular weight excluding hydrogens is 190 g/mol. The Morgan fingerprint density at radius 2 is 2.14 bits per heavy atom. The highest BCUT2D eigenvalue weighted by molar-refractivity contribution is 8.00. The van der Waals surface area contributed by atoms with Crippen molar-refractivity contribution in [1.29, 1.82) is 0 Å².